The van der Waals surface area contributed by atoms with Gasteiger partial charge >= 0.3 is 17.9 Å². The zero-order chi connectivity index (χ0) is 41.7. The maximum absolute atomic E-state index is 13.1. The number of nitrogens with zero attached hydrogens (tertiary/aromatic N) is 1. The Labute approximate surface area is 352 Å². The van der Waals surface area contributed by atoms with Crippen LogP contribution in [0.15, 0.2) is 48.6 Å². The van der Waals surface area contributed by atoms with E-state index in [1.165, 1.54) is 64.2 Å². The molecular weight excluding hydrogens is 730 g/mol. The summed E-state index contributed by atoms with van der Waals surface area (Å²) in [6, 6.07) is 0. The molecule has 7 nitrogen and oxygen atoms in total. The molecule has 1 heterocycles. The molecule has 0 aromatic rings. The highest BCUT2D eigenvalue weighted by atomic mass is 31.1. The van der Waals surface area contributed by atoms with E-state index in [4.69, 9.17) is 14.0 Å². The molecule has 3 atom stereocenters. The highest BCUT2D eigenvalue weighted by Gasteiger charge is 2.24. The van der Waals surface area contributed by atoms with Gasteiger partial charge in [0, 0.05) is 25.8 Å². The number of carbonyl (C=O) groups is 3. The van der Waals surface area contributed by atoms with Gasteiger partial charge in [0.15, 0.2) is 0 Å². The normalized spacial score (nSPS) is 24.1. The molecule has 1 rings (SSSR count). The molecule has 0 bridgehead atoms. The monoisotopic (exact) mass is 816 g/mol. The first-order valence-electron chi connectivity index (χ1n) is 23.1. The fraction of sp³-hybridized carbons (Fsp3) is 0.776. The van der Waals surface area contributed by atoms with Crippen LogP contribution >= 0.6 is 8.81 Å². The number of hydrogen-bond donors (Lipinski definition) is 0. The molecule has 8 heteroatoms. The van der Waals surface area contributed by atoms with Gasteiger partial charge < -0.3 is 18.9 Å². The van der Waals surface area contributed by atoms with E-state index in [0.717, 1.165) is 103 Å². The summed E-state index contributed by atoms with van der Waals surface area (Å²) in [7, 11) is 4.11. The molecule has 0 aromatic heterocycles. The van der Waals surface area contributed by atoms with Gasteiger partial charge in [0.2, 0.25) is 0 Å². The molecule has 0 saturated carbocycles. The third-order valence-electron chi connectivity index (χ3n) is 10.4. The number of rotatable bonds is 7. The number of esters is 2. The molecule has 0 fully saturated rings. The lowest BCUT2D eigenvalue weighted by atomic mass is 9.82. The zero-order valence-electron chi connectivity index (χ0n) is 37.4. The first-order valence-corrected chi connectivity index (χ1v) is 24.2. The number of carbonyl (C=O) groups excluding carboxylic acids is 3. The van der Waals surface area contributed by atoms with Crippen LogP contribution in [0.5, 0.6) is 0 Å². The van der Waals surface area contributed by atoms with Crippen LogP contribution in [-0.2, 0) is 28.4 Å². The highest BCUT2D eigenvalue weighted by Crippen LogP contribution is 2.28. The second-order valence-corrected chi connectivity index (χ2v) is 18.3. The van der Waals surface area contributed by atoms with E-state index in [1.807, 2.05) is 0 Å². The third-order valence-corrected chi connectivity index (χ3v) is 11.1. The molecule has 0 aromatic carbocycles. The molecule has 0 amide bonds. The molecule has 0 spiro atoms. The van der Waals surface area contributed by atoms with Crippen molar-refractivity contribution in [1.82, 2.24) is 4.90 Å². The second kappa shape index (κ2) is 36.8. The smallest absolute Gasteiger partial charge is 0.308 e. The fourth-order valence-electron chi connectivity index (χ4n) is 7.82. The van der Waals surface area contributed by atoms with Crippen molar-refractivity contribution >= 4 is 26.7 Å². The van der Waals surface area contributed by atoms with E-state index in [2.05, 4.69) is 88.4 Å². The van der Waals surface area contributed by atoms with E-state index in [1.54, 1.807) is 0 Å². The van der Waals surface area contributed by atoms with Crippen molar-refractivity contribution in [1.29, 1.82) is 0 Å². The molecule has 0 aliphatic carbocycles. The SMILES string of the molecule is CC(CC(=O)OC1CCCCCCCC/C=C\C/C=C\CCCCC(=O)OCPOC(=O)CCCC/C=C\C/C=C\CCCCCCCC1)CC(C)(C)CN(C)C. The molecular formula is C49H86NO6P. The molecule has 0 radical (unpaired) electrons. The van der Waals surface area contributed by atoms with Crippen LogP contribution in [0.25, 0.3) is 0 Å². The Kier molecular flexibility index (Phi) is 34.1. The van der Waals surface area contributed by atoms with Crippen molar-refractivity contribution in [2.75, 3.05) is 27.0 Å². The number of hydrogen-bond acceptors (Lipinski definition) is 7. The Balaban J connectivity index is 2.54. The average molecular weight is 816 g/mol. The standard InChI is InChI=1S/C49H86NO6P/c1-44(41-49(2,3)42-50(4)5)40-48(53)55-45-36-32-28-24-20-16-12-8-6-10-14-18-22-26-30-34-38-46(51)54-43-57-56-47(52)39-35-31-27-23-19-15-11-7-9-13-17-21-25-29-33-37-45/h6-7,10-11,18-19,22-23,44-45,57H,8-9,12-17,20-21,24-43H2,1-5H3/b10-6-,11-7-,22-18-,23-19-. The van der Waals surface area contributed by atoms with Crippen LogP contribution in [0.3, 0.4) is 0 Å². The minimum absolute atomic E-state index is 0.00575. The average Bonchev–Trinajstić information content (AvgIpc) is 3.14. The maximum atomic E-state index is 13.1. The molecule has 328 valence electrons. The summed E-state index contributed by atoms with van der Waals surface area (Å²) in [5.41, 5.74) is 0.176. The maximum Gasteiger partial charge on any atom is 0.308 e. The van der Waals surface area contributed by atoms with Crippen molar-refractivity contribution in [3.8, 4) is 0 Å². The van der Waals surface area contributed by atoms with Gasteiger partial charge in [-0.25, -0.2) is 0 Å². The van der Waals surface area contributed by atoms with Gasteiger partial charge in [-0.15, -0.1) is 0 Å². The summed E-state index contributed by atoms with van der Waals surface area (Å²) >= 11 is 0. The molecule has 0 N–H and O–H groups in total. The zero-order valence-corrected chi connectivity index (χ0v) is 38.4. The van der Waals surface area contributed by atoms with Crippen molar-refractivity contribution < 1.29 is 28.4 Å². The summed E-state index contributed by atoms with van der Waals surface area (Å²) in [6.07, 6.45) is 46.9. The van der Waals surface area contributed by atoms with Gasteiger partial charge in [-0.1, -0.05) is 121 Å². The Morgan fingerprint density at radius 2 is 1.12 bits per heavy atom. The van der Waals surface area contributed by atoms with Gasteiger partial charge in [-0.3, -0.25) is 14.4 Å². The number of cyclic esters (lactones) is 1. The van der Waals surface area contributed by atoms with Gasteiger partial charge in [-0.2, -0.15) is 0 Å². The summed E-state index contributed by atoms with van der Waals surface area (Å²) < 4.78 is 16.7. The minimum Gasteiger partial charge on any atom is -0.462 e. The molecule has 57 heavy (non-hydrogen) atoms. The predicted octanol–water partition coefficient (Wildman–Crippen LogP) is 13.9. The lowest BCUT2D eigenvalue weighted by Crippen LogP contribution is -2.31. The van der Waals surface area contributed by atoms with Gasteiger partial charge in [0.05, 0.1) is 0 Å². The van der Waals surface area contributed by atoms with E-state index in [9.17, 15) is 14.4 Å². The Morgan fingerprint density at radius 3 is 1.61 bits per heavy atom. The minimum atomic E-state index is -0.217. The first-order chi connectivity index (χ1) is 27.6. The highest BCUT2D eigenvalue weighted by molar-refractivity contribution is 7.32. The summed E-state index contributed by atoms with van der Waals surface area (Å²) in [4.78, 5) is 39.3. The largest absolute Gasteiger partial charge is 0.462 e. The van der Waals surface area contributed by atoms with Gasteiger partial charge in [0.25, 0.3) is 0 Å². The predicted molar refractivity (Wildman–Crippen MR) is 243 cm³/mol. The summed E-state index contributed by atoms with van der Waals surface area (Å²) in [5.74, 6) is -0.117. The van der Waals surface area contributed by atoms with Crippen LogP contribution in [0, 0.1) is 11.3 Å². The summed E-state index contributed by atoms with van der Waals surface area (Å²) in [5, 5.41) is 0. The third kappa shape index (κ3) is 36.6. The van der Waals surface area contributed by atoms with E-state index in [0.29, 0.717) is 25.2 Å². The molecule has 3 unspecified atom stereocenters. The Morgan fingerprint density at radius 1 is 0.684 bits per heavy atom. The van der Waals surface area contributed by atoms with Crippen molar-refractivity contribution in [2.45, 2.75) is 207 Å². The second-order valence-electron chi connectivity index (χ2n) is 17.6. The van der Waals surface area contributed by atoms with Crippen LogP contribution in [0.2, 0.25) is 0 Å². The van der Waals surface area contributed by atoms with Crippen LogP contribution in [0.4, 0.5) is 0 Å². The van der Waals surface area contributed by atoms with Gasteiger partial charge in [0.1, 0.15) is 21.3 Å². The Bertz CT molecular complexity index is 1060. The van der Waals surface area contributed by atoms with Gasteiger partial charge in [-0.05, 0) is 135 Å². The van der Waals surface area contributed by atoms with Crippen LogP contribution in [0.1, 0.15) is 201 Å². The van der Waals surface area contributed by atoms with E-state index >= 15 is 0 Å². The van der Waals surface area contributed by atoms with Crippen LogP contribution < -0.4 is 0 Å². The number of allylic oxidation sites excluding steroid dienone is 8. The van der Waals surface area contributed by atoms with E-state index < -0.39 is 0 Å². The van der Waals surface area contributed by atoms with Crippen molar-refractivity contribution in [2.24, 2.45) is 11.3 Å². The molecule has 1 aliphatic heterocycles. The van der Waals surface area contributed by atoms with Crippen molar-refractivity contribution in [3.05, 3.63) is 48.6 Å². The summed E-state index contributed by atoms with van der Waals surface area (Å²) in [6.45, 7) is 7.82. The quantitative estimate of drug-likeness (QED) is 0.110. The van der Waals surface area contributed by atoms with Crippen molar-refractivity contribution in [3.63, 3.8) is 0 Å². The molecule has 0 saturated heterocycles. The lowest BCUT2D eigenvalue weighted by Gasteiger charge is -2.31. The number of ether oxygens (including phenoxy) is 2. The first kappa shape index (κ1) is 52.8. The van der Waals surface area contributed by atoms with Crippen LogP contribution in [-0.4, -0.2) is 55.9 Å². The van der Waals surface area contributed by atoms with E-state index in [-0.39, 0.29) is 44.6 Å². The fourth-order valence-corrected chi connectivity index (χ4v) is 8.36. The Hall–Kier alpha value is -2.24. The lowest BCUT2D eigenvalue weighted by molar-refractivity contribution is -0.151. The topological polar surface area (TPSA) is 82.1 Å². The molecule has 1 aliphatic rings.